The predicted octanol–water partition coefficient (Wildman–Crippen LogP) is 1.48. The third-order valence-electron chi connectivity index (χ3n) is 5.65. The van der Waals surface area contributed by atoms with Gasteiger partial charge in [-0.05, 0) is 42.9 Å². The van der Waals surface area contributed by atoms with Crippen LogP contribution in [0.2, 0.25) is 0 Å². The minimum atomic E-state index is -0.649. The van der Waals surface area contributed by atoms with E-state index in [-0.39, 0.29) is 11.3 Å². The number of carbonyl (C=O) groups is 3. The summed E-state index contributed by atoms with van der Waals surface area (Å²) >= 11 is 0. The molecular weight excluding hydrogens is 442 g/mol. The van der Waals surface area contributed by atoms with Crippen LogP contribution in [0.25, 0.3) is 0 Å². The van der Waals surface area contributed by atoms with Gasteiger partial charge in [0.1, 0.15) is 0 Å². The van der Waals surface area contributed by atoms with Crippen LogP contribution in [0.5, 0.6) is 0 Å². The normalized spacial score (nSPS) is 16.7. The van der Waals surface area contributed by atoms with Crippen molar-refractivity contribution in [1.29, 1.82) is 0 Å². The van der Waals surface area contributed by atoms with Gasteiger partial charge in [0.05, 0.1) is 29.1 Å². The van der Waals surface area contributed by atoms with Crippen LogP contribution in [0.4, 0.5) is 21.9 Å². The van der Waals surface area contributed by atoms with E-state index in [4.69, 9.17) is 0 Å². The number of hydrogen-bond acceptors (Lipinski definition) is 8. The van der Waals surface area contributed by atoms with Crippen molar-refractivity contribution in [3.8, 4) is 0 Å². The number of nitrogens with one attached hydrogen (secondary N) is 2. The molecule has 0 aromatic heterocycles. The van der Waals surface area contributed by atoms with Crippen molar-refractivity contribution in [2.24, 2.45) is 5.10 Å². The van der Waals surface area contributed by atoms with Crippen molar-refractivity contribution in [1.82, 2.24) is 15.2 Å². The number of piperazine rings is 1. The number of urea groups is 1. The van der Waals surface area contributed by atoms with Crippen LogP contribution < -0.4 is 15.6 Å². The first-order chi connectivity index (χ1) is 16.3. The smallest absolute Gasteiger partial charge is 0.306 e. The Bertz CT molecular complexity index is 1160. The molecular formula is C22H23N7O5. The summed E-state index contributed by atoms with van der Waals surface area (Å²) in [4.78, 5) is 53.2. The fraction of sp³-hybridized carbons (Fsp3) is 0.273. The number of nitro groups is 1. The van der Waals surface area contributed by atoms with Crippen molar-refractivity contribution in [3.05, 3.63) is 63.7 Å². The fourth-order valence-electron chi connectivity index (χ4n) is 3.71. The maximum atomic E-state index is 12.6. The number of nitro benzene ring substituents is 1. The monoisotopic (exact) mass is 465 g/mol. The number of nitrogens with zero attached hydrogens (tertiary/aromatic N) is 5. The molecule has 34 heavy (non-hydrogen) atoms. The van der Waals surface area contributed by atoms with E-state index < -0.39 is 22.6 Å². The fourth-order valence-corrected chi connectivity index (χ4v) is 3.71. The topological polar surface area (TPSA) is 140 Å². The van der Waals surface area contributed by atoms with Gasteiger partial charge in [-0.1, -0.05) is 0 Å². The molecule has 0 aliphatic carbocycles. The Morgan fingerprint density at radius 2 is 1.82 bits per heavy atom. The molecule has 2 aliphatic rings. The summed E-state index contributed by atoms with van der Waals surface area (Å²) in [6.07, 6.45) is 1.34. The number of likely N-dealkylation sites (N-methyl/N-ethyl adjacent to an activating group) is 1. The number of anilines is 2. The zero-order valence-electron chi connectivity index (χ0n) is 18.4. The van der Waals surface area contributed by atoms with Crippen molar-refractivity contribution >= 4 is 41.0 Å². The number of ketones is 1. The Balaban J connectivity index is 1.36. The molecule has 1 saturated heterocycles. The molecule has 2 N–H and O–H groups in total. The van der Waals surface area contributed by atoms with E-state index in [1.165, 1.54) is 41.4 Å². The number of amides is 3. The van der Waals surface area contributed by atoms with Crippen LogP contribution in [-0.2, 0) is 4.79 Å². The van der Waals surface area contributed by atoms with Gasteiger partial charge in [0, 0.05) is 44.0 Å². The van der Waals surface area contributed by atoms with E-state index >= 15 is 0 Å². The van der Waals surface area contributed by atoms with Gasteiger partial charge in [0.15, 0.2) is 0 Å². The Kier molecular flexibility index (Phi) is 6.61. The lowest BCUT2D eigenvalue weighted by Crippen LogP contribution is -2.49. The van der Waals surface area contributed by atoms with Crippen molar-refractivity contribution < 1.29 is 19.3 Å². The highest BCUT2D eigenvalue weighted by molar-refractivity contribution is 6.52. The highest BCUT2D eigenvalue weighted by Crippen LogP contribution is 2.31. The van der Waals surface area contributed by atoms with E-state index in [1.54, 1.807) is 12.1 Å². The van der Waals surface area contributed by atoms with Crippen LogP contribution in [-0.4, -0.2) is 78.6 Å². The summed E-state index contributed by atoms with van der Waals surface area (Å²) in [5, 5.41) is 17.0. The maximum Gasteiger partial charge on any atom is 0.339 e. The molecule has 0 bridgehead atoms. The highest BCUT2D eigenvalue weighted by atomic mass is 16.6. The predicted molar refractivity (Wildman–Crippen MR) is 125 cm³/mol. The zero-order chi connectivity index (χ0) is 24.2. The Morgan fingerprint density at radius 3 is 2.50 bits per heavy atom. The molecule has 12 nitrogen and oxygen atoms in total. The molecule has 2 heterocycles. The third kappa shape index (κ3) is 5.08. The van der Waals surface area contributed by atoms with E-state index in [0.717, 1.165) is 26.2 Å². The molecule has 2 aromatic carbocycles. The second-order valence-corrected chi connectivity index (χ2v) is 8.03. The summed E-state index contributed by atoms with van der Waals surface area (Å²) in [5.74, 6) is -1.19. The molecule has 0 spiro atoms. The first-order valence-corrected chi connectivity index (χ1v) is 10.6. The van der Waals surface area contributed by atoms with Crippen LogP contribution in [0.3, 0.4) is 0 Å². The standard InChI is InChI=1S/C22H23N7O5/c1-26-8-10-27(11-9-26)14-28-19-7-4-16(12-18(19)20(30)21(28)31)24-22(32)25-23-13-15-2-5-17(6-3-15)29(33)34/h2-7,12-13H,8-11,14H2,1H3,(H2,24,25,32)/b23-13+. The van der Waals surface area contributed by atoms with Crippen LogP contribution in [0.15, 0.2) is 47.6 Å². The van der Waals surface area contributed by atoms with Crippen LogP contribution >= 0.6 is 0 Å². The Morgan fingerprint density at radius 1 is 1.12 bits per heavy atom. The highest BCUT2D eigenvalue weighted by Gasteiger charge is 2.37. The second kappa shape index (κ2) is 9.77. The van der Waals surface area contributed by atoms with Crippen LogP contribution in [0.1, 0.15) is 15.9 Å². The summed E-state index contributed by atoms with van der Waals surface area (Å²) in [7, 11) is 2.04. The lowest BCUT2D eigenvalue weighted by atomic mass is 10.1. The van der Waals surface area contributed by atoms with Gasteiger partial charge in [-0.15, -0.1) is 0 Å². The van der Waals surface area contributed by atoms with Crippen LogP contribution in [0, 0.1) is 10.1 Å². The molecule has 2 aromatic rings. The number of fused-ring (bicyclic) bond motifs is 1. The average Bonchev–Trinajstić information content (AvgIpc) is 3.05. The minimum Gasteiger partial charge on any atom is -0.306 e. The van der Waals surface area contributed by atoms with E-state index in [0.29, 0.717) is 23.6 Å². The molecule has 0 atom stereocenters. The molecule has 1 fully saturated rings. The Labute approximate surface area is 195 Å². The summed E-state index contributed by atoms with van der Waals surface area (Å²) in [5.41, 5.74) is 3.90. The lowest BCUT2D eigenvalue weighted by Gasteiger charge is -2.34. The van der Waals surface area contributed by atoms with E-state index in [2.05, 4.69) is 25.6 Å². The van der Waals surface area contributed by atoms with Gasteiger partial charge in [-0.2, -0.15) is 5.10 Å². The van der Waals surface area contributed by atoms with Gasteiger partial charge in [-0.25, -0.2) is 10.2 Å². The second-order valence-electron chi connectivity index (χ2n) is 8.03. The number of benzene rings is 2. The zero-order valence-corrected chi connectivity index (χ0v) is 18.4. The van der Waals surface area contributed by atoms with Gasteiger partial charge in [0.25, 0.3) is 11.5 Å². The lowest BCUT2D eigenvalue weighted by molar-refractivity contribution is -0.384. The van der Waals surface area contributed by atoms with Crippen molar-refractivity contribution in [2.75, 3.05) is 50.1 Å². The van der Waals surface area contributed by atoms with Gasteiger partial charge in [-0.3, -0.25) is 29.5 Å². The van der Waals surface area contributed by atoms with Gasteiger partial charge < -0.3 is 10.2 Å². The largest absolute Gasteiger partial charge is 0.339 e. The summed E-state index contributed by atoms with van der Waals surface area (Å²) in [6.45, 7) is 3.75. The number of hydrogen-bond donors (Lipinski definition) is 2. The third-order valence-corrected chi connectivity index (χ3v) is 5.65. The SMILES string of the molecule is CN1CCN(CN2C(=O)C(=O)c3cc(NC(=O)N/N=C/c4ccc([N+](=O)[O-])cc4)ccc32)CC1. The molecule has 3 amide bonds. The first-order valence-electron chi connectivity index (χ1n) is 10.6. The average molecular weight is 465 g/mol. The number of non-ortho nitro benzene ring substituents is 1. The molecule has 12 heteroatoms. The van der Waals surface area contributed by atoms with E-state index in [9.17, 15) is 24.5 Å². The number of hydrazone groups is 1. The minimum absolute atomic E-state index is 0.0467. The molecule has 0 saturated carbocycles. The number of carbonyl (C=O) groups excluding carboxylic acids is 3. The van der Waals surface area contributed by atoms with E-state index in [1.807, 2.05) is 7.05 Å². The molecule has 0 radical (unpaired) electrons. The number of rotatable bonds is 6. The van der Waals surface area contributed by atoms with Crippen molar-refractivity contribution in [2.45, 2.75) is 0 Å². The first kappa shape index (κ1) is 23.0. The van der Waals surface area contributed by atoms with Crippen molar-refractivity contribution in [3.63, 3.8) is 0 Å². The maximum absolute atomic E-state index is 12.6. The molecule has 4 rings (SSSR count). The molecule has 2 aliphatic heterocycles. The molecule has 176 valence electrons. The Hall–Kier alpha value is -4.16. The molecule has 0 unspecified atom stereocenters. The summed E-state index contributed by atoms with van der Waals surface area (Å²) in [6, 6.07) is 9.74. The number of Topliss-reactive ketones (excluding diaryl/α,β-unsaturated/α-hetero) is 1. The quantitative estimate of drug-likeness (QED) is 0.285. The summed E-state index contributed by atoms with van der Waals surface area (Å²) < 4.78 is 0. The van der Waals surface area contributed by atoms with Gasteiger partial charge >= 0.3 is 11.9 Å². The van der Waals surface area contributed by atoms with Gasteiger partial charge in [0.2, 0.25) is 0 Å².